The summed E-state index contributed by atoms with van der Waals surface area (Å²) >= 11 is 0. The van der Waals surface area contributed by atoms with Gasteiger partial charge in [-0.15, -0.1) is 0 Å². The van der Waals surface area contributed by atoms with Crippen LogP contribution in [0.5, 0.6) is 0 Å². The molecule has 0 heterocycles. The van der Waals surface area contributed by atoms with Gasteiger partial charge in [0.2, 0.25) is 0 Å². The van der Waals surface area contributed by atoms with Gasteiger partial charge in [0, 0.05) is 27.9 Å². The monoisotopic (exact) mass is 205 g/mol. The Morgan fingerprint density at radius 2 is 1.71 bits per heavy atom. The molecule has 0 spiro atoms. The first-order chi connectivity index (χ1) is 6.55. The molecule has 0 saturated carbocycles. The van der Waals surface area contributed by atoms with E-state index in [4.69, 9.17) is 14.2 Å². The van der Waals surface area contributed by atoms with Crippen molar-refractivity contribution in [2.75, 3.05) is 34.4 Å². The Morgan fingerprint density at radius 3 is 2.14 bits per heavy atom. The van der Waals surface area contributed by atoms with E-state index >= 15 is 0 Å². The molecule has 0 unspecified atom stereocenters. The Labute approximate surface area is 86.9 Å². The van der Waals surface area contributed by atoms with Crippen LogP contribution in [0, 0.1) is 0 Å². The molecule has 0 aliphatic rings. The smallest absolute Gasteiger partial charge is 0.169 e. The van der Waals surface area contributed by atoms with Crippen molar-refractivity contribution in [1.29, 1.82) is 0 Å². The molecule has 0 rings (SSSR count). The lowest BCUT2D eigenvalue weighted by atomic mass is 10.1. The van der Waals surface area contributed by atoms with Gasteiger partial charge >= 0.3 is 0 Å². The third-order valence-corrected chi connectivity index (χ3v) is 2.29. The van der Waals surface area contributed by atoms with Crippen LogP contribution in [0.2, 0.25) is 0 Å². The molecular weight excluding hydrogens is 182 g/mol. The Balaban J connectivity index is 3.45. The van der Waals surface area contributed by atoms with Crippen molar-refractivity contribution >= 4 is 0 Å². The van der Waals surface area contributed by atoms with Crippen molar-refractivity contribution in [2.45, 2.75) is 32.2 Å². The summed E-state index contributed by atoms with van der Waals surface area (Å²) in [5, 5.41) is 3.25. The largest absolute Gasteiger partial charge is 0.379 e. The van der Waals surface area contributed by atoms with Gasteiger partial charge in [-0.3, -0.25) is 0 Å². The number of ether oxygens (including phenoxy) is 3. The van der Waals surface area contributed by atoms with E-state index < -0.39 is 0 Å². The van der Waals surface area contributed by atoms with Gasteiger partial charge in [0.1, 0.15) is 0 Å². The van der Waals surface area contributed by atoms with E-state index in [1.165, 1.54) is 0 Å². The van der Waals surface area contributed by atoms with Crippen LogP contribution < -0.4 is 5.32 Å². The van der Waals surface area contributed by atoms with Gasteiger partial charge in [0.05, 0.1) is 5.60 Å². The Morgan fingerprint density at radius 1 is 1.14 bits per heavy atom. The minimum atomic E-state index is -0.166. The fourth-order valence-electron chi connectivity index (χ4n) is 0.974. The maximum Gasteiger partial charge on any atom is 0.169 e. The molecule has 86 valence electrons. The molecule has 0 aliphatic heterocycles. The SMILES string of the molecule is COC(CNCCC(C)(C)OC)OC. The van der Waals surface area contributed by atoms with Crippen molar-refractivity contribution in [1.82, 2.24) is 5.32 Å². The maximum atomic E-state index is 5.29. The fraction of sp³-hybridized carbons (Fsp3) is 1.00. The summed E-state index contributed by atoms with van der Waals surface area (Å²) in [5.74, 6) is 0. The first-order valence-corrected chi connectivity index (χ1v) is 4.87. The maximum absolute atomic E-state index is 5.29. The van der Waals surface area contributed by atoms with E-state index in [0.29, 0.717) is 6.54 Å². The molecular formula is C10H23NO3. The second kappa shape index (κ2) is 7.17. The van der Waals surface area contributed by atoms with Crippen LogP contribution in [-0.4, -0.2) is 46.3 Å². The van der Waals surface area contributed by atoms with Gasteiger partial charge in [-0.05, 0) is 26.8 Å². The molecule has 0 aromatic heterocycles. The zero-order chi connectivity index (χ0) is 11.0. The van der Waals surface area contributed by atoms with Crippen LogP contribution in [0.3, 0.4) is 0 Å². The quantitative estimate of drug-likeness (QED) is 0.474. The molecule has 0 aromatic rings. The lowest BCUT2D eigenvalue weighted by Crippen LogP contribution is -2.34. The highest BCUT2D eigenvalue weighted by atomic mass is 16.7. The summed E-state index contributed by atoms with van der Waals surface area (Å²) in [5.41, 5.74) is -0.0668. The molecule has 0 fully saturated rings. The molecule has 1 N–H and O–H groups in total. The molecule has 0 amide bonds. The van der Waals surface area contributed by atoms with Crippen molar-refractivity contribution in [2.24, 2.45) is 0 Å². The molecule has 14 heavy (non-hydrogen) atoms. The predicted molar refractivity (Wildman–Crippen MR) is 56.4 cm³/mol. The van der Waals surface area contributed by atoms with E-state index in [1.54, 1.807) is 21.3 Å². The van der Waals surface area contributed by atoms with E-state index in [0.717, 1.165) is 13.0 Å². The van der Waals surface area contributed by atoms with Crippen molar-refractivity contribution in [3.05, 3.63) is 0 Å². The predicted octanol–water partition coefficient (Wildman–Crippen LogP) is 1.01. The second-order valence-electron chi connectivity index (χ2n) is 3.82. The van der Waals surface area contributed by atoms with E-state index in [-0.39, 0.29) is 11.9 Å². The first-order valence-electron chi connectivity index (χ1n) is 4.87. The second-order valence-corrected chi connectivity index (χ2v) is 3.82. The van der Waals surface area contributed by atoms with Gasteiger partial charge in [0.15, 0.2) is 6.29 Å². The third-order valence-electron chi connectivity index (χ3n) is 2.29. The Bertz CT molecular complexity index is 135. The van der Waals surface area contributed by atoms with E-state index in [1.807, 2.05) is 0 Å². The minimum absolute atomic E-state index is 0.0668. The van der Waals surface area contributed by atoms with Gasteiger partial charge in [-0.1, -0.05) is 0 Å². The average molecular weight is 205 g/mol. The Hall–Kier alpha value is -0.160. The minimum Gasteiger partial charge on any atom is -0.379 e. The molecule has 0 radical (unpaired) electrons. The zero-order valence-electron chi connectivity index (χ0n) is 9.92. The molecule has 0 aliphatic carbocycles. The van der Waals surface area contributed by atoms with Gasteiger partial charge < -0.3 is 19.5 Å². The molecule has 0 aromatic carbocycles. The summed E-state index contributed by atoms with van der Waals surface area (Å²) in [6.07, 6.45) is 0.796. The van der Waals surface area contributed by atoms with E-state index in [2.05, 4.69) is 19.2 Å². The lowest BCUT2D eigenvalue weighted by Gasteiger charge is -2.23. The number of rotatable bonds is 8. The number of nitrogens with one attached hydrogen (secondary N) is 1. The summed E-state index contributed by atoms with van der Waals surface area (Å²) in [6, 6.07) is 0. The first kappa shape index (κ1) is 13.8. The molecule has 0 bridgehead atoms. The van der Waals surface area contributed by atoms with Gasteiger partial charge in [-0.25, -0.2) is 0 Å². The molecule has 0 atom stereocenters. The highest BCUT2D eigenvalue weighted by Gasteiger charge is 2.15. The molecule has 4 heteroatoms. The molecule has 4 nitrogen and oxygen atoms in total. The van der Waals surface area contributed by atoms with Crippen LogP contribution in [-0.2, 0) is 14.2 Å². The topological polar surface area (TPSA) is 39.7 Å². The summed E-state index contributed by atoms with van der Waals surface area (Å²) in [4.78, 5) is 0. The standard InChI is InChI=1S/C10H23NO3/c1-10(2,14-5)6-7-11-8-9(12-3)13-4/h9,11H,6-8H2,1-5H3. The zero-order valence-corrected chi connectivity index (χ0v) is 9.92. The van der Waals surface area contributed by atoms with Gasteiger partial charge in [0.25, 0.3) is 0 Å². The van der Waals surface area contributed by atoms with Crippen LogP contribution >= 0.6 is 0 Å². The lowest BCUT2D eigenvalue weighted by molar-refractivity contribution is -0.0992. The van der Waals surface area contributed by atoms with Crippen LogP contribution in [0.4, 0.5) is 0 Å². The highest BCUT2D eigenvalue weighted by Crippen LogP contribution is 2.11. The highest BCUT2D eigenvalue weighted by molar-refractivity contribution is 4.69. The average Bonchev–Trinajstić information content (AvgIpc) is 2.18. The van der Waals surface area contributed by atoms with Crippen molar-refractivity contribution in [3.8, 4) is 0 Å². The number of hydrogen-bond acceptors (Lipinski definition) is 4. The normalized spacial score (nSPS) is 12.4. The number of methoxy groups -OCH3 is 3. The van der Waals surface area contributed by atoms with Gasteiger partial charge in [-0.2, -0.15) is 0 Å². The summed E-state index contributed by atoms with van der Waals surface area (Å²) in [6.45, 7) is 5.73. The van der Waals surface area contributed by atoms with Crippen molar-refractivity contribution in [3.63, 3.8) is 0 Å². The van der Waals surface area contributed by atoms with Crippen LogP contribution in [0.25, 0.3) is 0 Å². The van der Waals surface area contributed by atoms with E-state index in [9.17, 15) is 0 Å². The third kappa shape index (κ3) is 6.32. The fourth-order valence-corrected chi connectivity index (χ4v) is 0.974. The molecule has 0 saturated heterocycles. The van der Waals surface area contributed by atoms with Crippen LogP contribution in [0.15, 0.2) is 0 Å². The van der Waals surface area contributed by atoms with Crippen molar-refractivity contribution < 1.29 is 14.2 Å². The number of hydrogen-bond donors (Lipinski definition) is 1. The summed E-state index contributed by atoms with van der Waals surface area (Å²) < 4.78 is 15.4. The summed E-state index contributed by atoms with van der Waals surface area (Å²) in [7, 11) is 5.00. The Kier molecular flexibility index (Phi) is 7.09. The van der Waals surface area contributed by atoms with Crippen LogP contribution in [0.1, 0.15) is 20.3 Å².